The van der Waals surface area contributed by atoms with Gasteiger partial charge in [-0.25, -0.2) is 0 Å². The summed E-state index contributed by atoms with van der Waals surface area (Å²) in [6.07, 6.45) is 0. The van der Waals surface area contributed by atoms with Crippen LogP contribution in [-0.4, -0.2) is 66.9 Å². The van der Waals surface area contributed by atoms with Gasteiger partial charge in [-0.2, -0.15) is 0 Å². The summed E-state index contributed by atoms with van der Waals surface area (Å²) in [5.74, 6) is 0. The van der Waals surface area contributed by atoms with E-state index < -0.39 is 15.5 Å². The van der Waals surface area contributed by atoms with E-state index in [1.807, 2.05) is 0 Å². The maximum atomic E-state index is 8.46. The average Bonchev–Trinajstić information content (AvgIpc) is 0.918. The van der Waals surface area contributed by atoms with E-state index >= 15 is 0 Å². The molecule has 0 rings (SSSR count). The van der Waals surface area contributed by atoms with Crippen molar-refractivity contribution in [3.05, 3.63) is 0 Å². The second-order valence-electron chi connectivity index (χ2n) is 0.0962. The predicted molar refractivity (Wildman–Crippen MR) is 13.6 cm³/mol. The molecule has 0 fully saturated rings. The van der Waals surface area contributed by atoms with Crippen molar-refractivity contribution < 1.29 is 76.9 Å². The van der Waals surface area contributed by atoms with Gasteiger partial charge in [0, 0.05) is 0 Å². The van der Waals surface area contributed by atoms with E-state index in [2.05, 4.69) is 0 Å². The second kappa shape index (κ2) is 15.7. The van der Waals surface area contributed by atoms with Crippen LogP contribution in [0.15, 0.2) is 0 Å². The molecule has 0 aromatic heterocycles. The van der Waals surface area contributed by atoms with E-state index in [0.29, 0.717) is 0 Å². The van der Waals surface area contributed by atoms with Crippen molar-refractivity contribution in [3.8, 4) is 0 Å². The summed E-state index contributed by atoms with van der Waals surface area (Å²) < 4.78 is 16.9. The van der Waals surface area contributed by atoms with E-state index in [0.717, 1.165) is 0 Å². The first-order chi connectivity index (χ1) is 1.41. The molecule has 0 radical (unpaired) electrons. The third-order valence-corrected chi connectivity index (χ3v) is 0. The summed E-state index contributed by atoms with van der Waals surface area (Å²) in [6, 6.07) is 0. The molecule has 2 nitrogen and oxygen atoms in total. The van der Waals surface area contributed by atoms with Crippen LogP contribution in [0.2, 0.25) is 0 Å². The van der Waals surface area contributed by atoms with Crippen LogP contribution >= 0.6 is 0 Å². The van der Waals surface area contributed by atoms with Crippen molar-refractivity contribution in [2.45, 2.75) is 0 Å². The van der Waals surface area contributed by atoms with Crippen LogP contribution in [0.3, 0.4) is 0 Å². The van der Waals surface area contributed by atoms with Crippen molar-refractivity contribution in [3.63, 3.8) is 0 Å². The molecule has 0 aliphatic carbocycles. The Morgan fingerprint density at radius 2 is 1.60 bits per heavy atom. The molecule has 0 atom stereocenters. The fraction of sp³-hybridized carbons (Fsp3) is 0. The van der Waals surface area contributed by atoms with Crippen LogP contribution < -0.4 is 73.1 Å². The molecule has 0 spiro atoms. The molecule has 0 aromatic carbocycles. The van der Waals surface area contributed by atoms with Crippen LogP contribution in [-0.2, 0) is 3.80 Å². The van der Waals surface area contributed by atoms with Crippen molar-refractivity contribution in [2.75, 3.05) is 0 Å². The van der Waals surface area contributed by atoms with Gasteiger partial charge in [0.1, 0.15) is 0 Å². The molecular formula is HAlCsKO2. The first-order valence-corrected chi connectivity index (χ1v) is 1.41. The van der Waals surface area contributed by atoms with Gasteiger partial charge in [0.2, 0.25) is 0 Å². The topological polar surface area (TPSA) is 40.1 Å². The number of hydrogen-bond donors (Lipinski definition) is 0. The third kappa shape index (κ3) is 18.2. The summed E-state index contributed by atoms with van der Waals surface area (Å²) >= 11 is -1.75. The average molecular weight is 232 g/mol. The SMILES string of the molecule is [Cs+].[KH].[O]=[Al][O-]. The molecule has 0 bridgehead atoms. The molecule has 0 N–H and O–H groups in total. The molecule has 0 unspecified atom stereocenters. The Bertz CT molecular complexity index is 17.1. The molecule has 5 heavy (non-hydrogen) atoms. The van der Waals surface area contributed by atoms with Gasteiger partial charge in [0.25, 0.3) is 0 Å². The van der Waals surface area contributed by atoms with E-state index in [-0.39, 0.29) is 120 Å². The fourth-order valence-electron chi connectivity index (χ4n) is 0. The van der Waals surface area contributed by atoms with Gasteiger partial charge < -0.3 is 0 Å². The fourth-order valence-corrected chi connectivity index (χ4v) is 0. The Kier molecular flexibility index (Phi) is 49.9. The minimum absolute atomic E-state index is 0. The Morgan fingerprint density at radius 1 is 1.60 bits per heavy atom. The summed E-state index contributed by atoms with van der Waals surface area (Å²) in [6.45, 7) is 0. The van der Waals surface area contributed by atoms with Gasteiger partial charge in [0.05, 0.1) is 0 Å². The summed E-state index contributed by atoms with van der Waals surface area (Å²) in [5.41, 5.74) is 0. The third-order valence-electron chi connectivity index (χ3n) is 0. The number of rotatable bonds is 0. The van der Waals surface area contributed by atoms with Crippen LogP contribution in [0.5, 0.6) is 0 Å². The molecule has 0 saturated heterocycles. The maximum absolute atomic E-state index is 8.46. The summed E-state index contributed by atoms with van der Waals surface area (Å²) in [5, 5.41) is 0. The normalized spacial score (nSPS) is 1.60. The zero-order chi connectivity index (χ0) is 2.71. The van der Waals surface area contributed by atoms with Crippen LogP contribution in [0.25, 0.3) is 0 Å². The Labute approximate surface area is 139 Å². The molecule has 5 heteroatoms. The van der Waals surface area contributed by atoms with Crippen molar-refractivity contribution in [1.29, 1.82) is 0 Å². The predicted octanol–water partition coefficient (Wildman–Crippen LogP) is -5.33. The van der Waals surface area contributed by atoms with Crippen molar-refractivity contribution in [1.82, 2.24) is 0 Å². The molecule has 0 heterocycles. The van der Waals surface area contributed by atoms with Gasteiger partial charge in [-0.1, -0.05) is 0 Å². The zero-order valence-corrected chi connectivity index (χ0v) is 9.83. The number of hydrogen-bond acceptors (Lipinski definition) is 2. The van der Waals surface area contributed by atoms with Gasteiger partial charge in [-0.15, -0.1) is 0 Å². The first-order valence-electron chi connectivity index (χ1n) is 0.471. The summed E-state index contributed by atoms with van der Waals surface area (Å²) in [4.78, 5) is 0. The van der Waals surface area contributed by atoms with E-state index in [1.54, 1.807) is 0 Å². The molecule has 0 aliphatic heterocycles. The Hall–Kier alpha value is 3.82. The molecule has 0 aromatic rings. The Balaban J connectivity index is -0.0000000200. The minimum atomic E-state index is -1.75. The monoisotopic (exact) mass is 232 g/mol. The van der Waals surface area contributed by atoms with Crippen LogP contribution in [0, 0.1) is 0 Å². The quantitative estimate of drug-likeness (QED) is 0.391. The van der Waals surface area contributed by atoms with Crippen LogP contribution in [0.1, 0.15) is 0 Å². The van der Waals surface area contributed by atoms with E-state index in [1.165, 1.54) is 0 Å². The second-order valence-corrected chi connectivity index (χ2v) is 0.289. The first kappa shape index (κ1) is 15.9. The van der Waals surface area contributed by atoms with Gasteiger partial charge in [-0.05, 0) is 0 Å². The standard InChI is InChI=1S/Al.Cs.K.2O.H/q;+1;;;-1;. The molecule has 0 saturated carbocycles. The van der Waals surface area contributed by atoms with Gasteiger partial charge in [-0.3, -0.25) is 0 Å². The molecule has 0 amide bonds. The van der Waals surface area contributed by atoms with Crippen molar-refractivity contribution >= 4 is 66.9 Å². The van der Waals surface area contributed by atoms with Gasteiger partial charge in [0.15, 0.2) is 0 Å². The van der Waals surface area contributed by atoms with Crippen LogP contribution in [0.4, 0.5) is 0 Å². The molecular weight excluding hydrogens is 231 g/mol. The van der Waals surface area contributed by atoms with Crippen molar-refractivity contribution in [2.24, 2.45) is 0 Å². The van der Waals surface area contributed by atoms with E-state index in [9.17, 15) is 0 Å². The molecule has 0 aliphatic rings. The summed E-state index contributed by atoms with van der Waals surface area (Å²) in [7, 11) is 0. The van der Waals surface area contributed by atoms with E-state index in [4.69, 9.17) is 7.96 Å². The van der Waals surface area contributed by atoms with Gasteiger partial charge >= 0.3 is 144 Å². The Morgan fingerprint density at radius 3 is 1.60 bits per heavy atom. The molecule has 18 valence electrons. The zero-order valence-electron chi connectivity index (χ0n) is 2.39.